The molecule has 0 N–H and O–H groups in total. The highest BCUT2D eigenvalue weighted by molar-refractivity contribution is 7.26. The van der Waals surface area contributed by atoms with Crippen molar-refractivity contribution in [3.8, 4) is 22.7 Å². The van der Waals surface area contributed by atoms with Crippen LogP contribution in [0.3, 0.4) is 0 Å². The van der Waals surface area contributed by atoms with Gasteiger partial charge in [0.15, 0.2) is 0 Å². The minimum Gasteiger partial charge on any atom is -0.456 e. The number of aromatic nitrogens is 4. The molecule has 334 valence electrons. The molecule has 0 saturated carbocycles. The van der Waals surface area contributed by atoms with Gasteiger partial charge in [-0.15, -0.1) is 11.3 Å². The van der Waals surface area contributed by atoms with Crippen molar-refractivity contribution < 1.29 is 4.42 Å². The summed E-state index contributed by atoms with van der Waals surface area (Å²) in [6, 6.07) is 84.8. The molecule has 0 aliphatic rings. The first-order chi connectivity index (χ1) is 35.7. The highest BCUT2D eigenvalue weighted by Gasteiger charge is 2.22. The first kappa shape index (κ1) is 38.5. The Morgan fingerprint density at radius 3 is 1.18 bits per heavy atom. The van der Waals surface area contributed by atoms with Gasteiger partial charge in [-0.3, -0.25) is 0 Å². The van der Waals surface area contributed by atoms with E-state index in [2.05, 4.69) is 237 Å². The van der Waals surface area contributed by atoms with Crippen molar-refractivity contribution in [1.82, 2.24) is 18.3 Å². The van der Waals surface area contributed by atoms with Crippen molar-refractivity contribution in [2.45, 2.75) is 0 Å². The van der Waals surface area contributed by atoms with Crippen LogP contribution in [0.4, 0.5) is 0 Å². The van der Waals surface area contributed by atoms with Crippen molar-refractivity contribution in [2.75, 3.05) is 0 Å². The van der Waals surface area contributed by atoms with Crippen LogP contribution in [-0.2, 0) is 0 Å². The van der Waals surface area contributed by atoms with Gasteiger partial charge in [0.05, 0.1) is 44.1 Å². The molecule has 0 saturated heterocycles. The van der Waals surface area contributed by atoms with Gasteiger partial charge >= 0.3 is 0 Å². The van der Waals surface area contributed by atoms with E-state index in [1.165, 1.54) is 107 Å². The molecule has 72 heavy (non-hydrogen) atoms. The number of hydrogen-bond acceptors (Lipinski definition) is 2. The average Bonchev–Trinajstić information content (AvgIpc) is 4.28. The second-order valence-corrected chi connectivity index (χ2v) is 20.3. The first-order valence-electron chi connectivity index (χ1n) is 24.6. The lowest BCUT2D eigenvalue weighted by Gasteiger charge is -2.11. The highest BCUT2D eigenvalue weighted by Crippen LogP contribution is 2.46. The van der Waals surface area contributed by atoms with Gasteiger partial charge in [-0.2, -0.15) is 0 Å². The highest BCUT2D eigenvalue weighted by atomic mass is 32.1. The van der Waals surface area contributed by atoms with Crippen molar-refractivity contribution in [2.24, 2.45) is 0 Å². The molecule has 6 heteroatoms. The van der Waals surface area contributed by atoms with E-state index in [1.807, 2.05) is 23.5 Å². The summed E-state index contributed by atoms with van der Waals surface area (Å²) < 4.78 is 18.6. The number of hydrogen-bond donors (Lipinski definition) is 0. The lowest BCUT2D eigenvalue weighted by Crippen LogP contribution is -1.96. The monoisotopic (exact) mass is 934 g/mol. The zero-order chi connectivity index (χ0) is 46.8. The predicted molar refractivity (Wildman–Crippen MR) is 304 cm³/mol. The van der Waals surface area contributed by atoms with E-state index in [4.69, 9.17) is 4.42 Å². The van der Waals surface area contributed by atoms with Crippen molar-refractivity contribution in [1.29, 1.82) is 0 Å². The number of para-hydroxylation sites is 6. The van der Waals surface area contributed by atoms with E-state index in [-0.39, 0.29) is 0 Å². The number of nitrogens with zero attached hydrogens (tertiary/aromatic N) is 4. The van der Waals surface area contributed by atoms with E-state index in [0.29, 0.717) is 0 Å². The number of fused-ring (bicyclic) bond motifs is 19. The maximum atomic E-state index is 6.26. The molecule has 0 spiro atoms. The topological polar surface area (TPSA) is 32.9 Å². The van der Waals surface area contributed by atoms with Crippen LogP contribution in [0.2, 0.25) is 0 Å². The van der Waals surface area contributed by atoms with Crippen LogP contribution in [0.5, 0.6) is 0 Å². The maximum absolute atomic E-state index is 6.26. The van der Waals surface area contributed by atoms with E-state index in [1.54, 1.807) is 0 Å². The fourth-order valence-corrected chi connectivity index (χ4v) is 13.7. The fourth-order valence-electron chi connectivity index (χ4n) is 12.5. The van der Waals surface area contributed by atoms with Crippen LogP contribution in [0, 0.1) is 0 Å². The van der Waals surface area contributed by atoms with E-state index in [9.17, 15) is 0 Å². The molecule has 6 heterocycles. The third-order valence-electron chi connectivity index (χ3n) is 15.5. The Kier molecular flexibility index (Phi) is 7.55. The molecule has 0 bridgehead atoms. The van der Waals surface area contributed by atoms with E-state index >= 15 is 0 Å². The second-order valence-electron chi connectivity index (χ2n) is 19.2. The van der Waals surface area contributed by atoms with Crippen LogP contribution in [0.1, 0.15) is 0 Å². The van der Waals surface area contributed by atoms with Gasteiger partial charge in [-0.05, 0) is 115 Å². The average molecular weight is 935 g/mol. The van der Waals surface area contributed by atoms with Gasteiger partial charge in [0.25, 0.3) is 0 Å². The number of rotatable bonds is 4. The van der Waals surface area contributed by atoms with Gasteiger partial charge in [-0.1, -0.05) is 115 Å². The second kappa shape index (κ2) is 14.1. The Hall–Kier alpha value is -9.36. The standard InChI is InChI=1S/C66H38N4OS/c1-7-19-54-43(13-1)44-14-2-8-20-55(44)67(54)39-25-30-59-50(35-39)51-36-40(68-56-21-9-3-15-45(56)46-16-4-10-22-57(46)68)26-31-60(51)69(59)42-28-34-64-53(38-42)48-29-32-61-65(66(48)72-64)49-18-5-11-23-58(49)70(61)41-27-33-63-52(37-41)47-17-6-12-24-62(47)71-63/h1-38H. The van der Waals surface area contributed by atoms with E-state index in [0.717, 1.165) is 44.7 Å². The minimum absolute atomic E-state index is 0.902. The maximum Gasteiger partial charge on any atom is 0.135 e. The fraction of sp³-hybridized carbons (Fsp3) is 0. The molecule has 11 aromatic carbocycles. The van der Waals surface area contributed by atoms with E-state index < -0.39 is 0 Å². The Morgan fingerprint density at radius 1 is 0.250 bits per heavy atom. The number of furan rings is 1. The van der Waals surface area contributed by atoms with Gasteiger partial charge < -0.3 is 22.7 Å². The normalized spacial score (nSPS) is 12.4. The zero-order valence-corrected chi connectivity index (χ0v) is 39.4. The molecule has 17 rings (SSSR count). The largest absolute Gasteiger partial charge is 0.456 e. The summed E-state index contributed by atoms with van der Waals surface area (Å²) in [5.74, 6) is 0. The van der Waals surface area contributed by atoms with Gasteiger partial charge in [0.2, 0.25) is 0 Å². The molecule has 5 nitrogen and oxygen atoms in total. The van der Waals surface area contributed by atoms with Crippen LogP contribution in [-0.4, -0.2) is 18.3 Å². The SMILES string of the molecule is c1ccc2c(c1)oc1ccc(-n3c4ccccc4c4c5sc6ccc(-n7c8ccc(-n9c%10ccccc%10c%10ccccc%109)cc8c8cc(-n9c%10ccccc%10c%10ccccc%109)ccc87)cc6c5ccc43)cc12. The summed E-state index contributed by atoms with van der Waals surface area (Å²) in [4.78, 5) is 0. The Balaban J connectivity index is 0.901. The molecule has 0 fully saturated rings. The number of thiophene rings is 1. The third kappa shape index (κ3) is 5.10. The summed E-state index contributed by atoms with van der Waals surface area (Å²) in [7, 11) is 0. The van der Waals surface area contributed by atoms with Crippen LogP contribution in [0.15, 0.2) is 235 Å². The van der Waals surface area contributed by atoms with Crippen molar-refractivity contribution in [3.63, 3.8) is 0 Å². The summed E-state index contributed by atoms with van der Waals surface area (Å²) in [6.45, 7) is 0. The molecule has 0 atom stereocenters. The summed E-state index contributed by atoms with van der Waals surface area (Å²) in [5, 5.41) is 14.8. The molecule has 0 radical (unpaired) electrons. The lowest BCUT2D eigenvalue weighted by atomic mass is 10.1. The van der Waals surface area contributed by atoms with Crippen LogP contribution >= 0.6 is 11.3 Å². The van der Waals surface area contributed by atoms with Gasteiger partial charge in [0.1, 0.15) is 11.2 Å². The predicted octanol–water partition coefficient (Wildman–Crippen LogP) is 18.3. The molecular formula is C66H38N4OS. The molecule has 0 aliphatic heterocycles. The van der Waals surface area contributed by atoms with Gasteiger partial charge in [0, 0.05) is 96.8 Å². The van der Waals surface area contributed by atoms with Crippen LogP contribution < -0.4 is 0 Å². The summed E-state index contributed by atoms with van der Waals surface area (Å²) >= 11 is 1.89. The molecule has 0 aliphatic carbocycles. The van der Waals surface area contributed by atoms with Crippen molar-refractivity contribution in [3.05, 3.63) is 231 Å². The molecular weight excluding hydrogens is 897 g/mol. The Bertz CT molecular complexity index is 4910. The van der Waals surface area contributed by atoms with Crippen molar-refractivity contribution >= 4 is 141 Å². The molecule has 17 aromatic rings. The molecule has 0 unspecified atom stereocenters. The quantitative estimate of drug-likeness (QED) is 0.173. The minimum atomic E-state index is 0.902. The lowest BCUT2D eigenvalue weighted by molar-refractivity contribution is 0.669. The molecule has 0 amide bonds. The Labute approximate surface area is 414 Å². The smallest absolute Gasteiger partial charge is 0.135 e. The zero-order valence-electron chi connectivity index (χ0n) is 38.5. The Morgan fingerprint density at radius 2 is 0.625 bits per heavy atom. The summed E-state index contributed by atoms with van der Waals surface area (Å²) in [6.07, 6.45) is 0. The summed E-state index contributed by atoms with van der Waals surface area (Å²) in [5.41, 5.74) is 15.9. The van der Waals surface area contributed by atoms with Gasteiger partial charge in [-0.25, -0.2) is 0 Å². The number of benzene rings is 11. The molecule has 6 aromatic heterocycles. The third-order valence-corrected chi connectivity index (χ3v) is 16.7. The van der Waals surface area contributed by atoms with Crippen LogP contribution in [0.25, 0.3) is 152 Å². The first-order valence-corrected chi connectivity index (χ1v) is 25.4.